The van der Waals surface area contributed by atoms with Gasteiger partial charge in [0.2, 0.25) is 10.0 Å². The molecule has 2 heterocycles. The van der Waals surface area contributed by atoms with Crippen LogP contribution in [0.3, 0.4) is 0 Å². The van der Waals surface area contributed by atoms with Gasteiger partial charge in [0.05, 0.1) is 24.7 Å². The molecular weight excluding hydrogens is 406 g/mol. The van der Waals surface area contributed by atoms with Gasteiger partial charge in [-0.1, -0.05) is 0 Å². The van der Waals surface area contributed by atoms with Crippen molar-refractivity contribution in [2.45, 2.75) is 43.7 Å². The van der Waals surface area contributed by atoms with E-state index in [9.17, 15) is 13.2 Å². The highest BCUT2D eigenvalue weighted by Crippen LogP contribution is 2.22. The minimum atomic E-state index is -3.63. The number of amides is 1. The fourth-order valence-corrected chi connectivity index (χ4v) is 5.32. The van der Waals surface area contributed by atoms with Gasteiger partial charge in [-0.05, 0) is 51.5 Å². The summed E-state index contributed by atoms with van der Waals surface area (Å²) in [5.41, 5.74) is -0.138. The molecule has 9 heteroatoms. The lowest BCUT2D eigenvalue weighted by Gasteiger charge is -2.37. The lowest BCUT2D eigenvalue weighted by molar-refractivity contribution is 0.00166. The van der Waals surface area contributed by atoms with E-state index in [4.69, 9.17) is 9.47 Å². The average Bonchev–Trinajstić information content (AvgIpc) is 3.21. The van der Waals surface area contributed by atoms with Crippen molar-refractivity contribution in [3.63, 3.8) is 0 Å². The van der Waals surface area contributed by atoms with Crippen molar-refractivity contribution in [2.75, 3.05) is 46.1 Å². The normalized spacial score (nSPS) is 22.0. The topological polar surface area (TPSA) is 97.0 Å². The molecule has 2 N–H and O–H groups in total. The first-order valence-electron chi connectivity index (χ1n) is 10.5. The molecular formula is C21H33N3O5S. The molecule has 0 radical (unpaired) electrons. The lowest BCUT2D eigenvalue weighted by atomic mass is 9.96. The summed E-state index contributed by atoms with van der Waals surface area (Å²) in [6.07, 6.45) is 0.991. The largest absolute Gasteiger partial charge is 0.381 e. The molecule has 2 unspecified atom stereocenters. The Hall–Kier alpha value is -1.52. The molecule has 1 aromatic rings. The first-order chi connectivity index (χ1) is 14.2. The molecule has 30 heavy (non-hydrogen) atoms. The minimum absolute atomic E-state index is 0.142. The highest BCUT2D eigenvalue weighted by molar-refractivity contribution is 7.89. The summed E-state index contributed by atoms with van der Waals surface area (Å²) in [6.45, 7) is 10.5. The molecule has 2 aliphatic rings. The third kappa shape index (κ3) is 6.24. The maximum Gasteiger partial charge on any atom is 0.251 e. The Kier molecular flexibility index (Phi) is 7.52. The fraction of sp³-hybridized carbons (Fsp3) is 0.667. The zero-order chi connectivity index (χ0) is 21.8. The standard InChI is InChI=1S/C21H33N3O5S/c1-21(2,3)23-30(26,27)18-6-4-16(5-7-18)20(25)22-14-19(17-8-11-29-15-17)24-9-12-28-13-10-24/h4-7,17,19,23H,8-15H2,1-3H3,(H,22,25). The van der Waals surface area contributed by atoms with Gasteiger partial charge in [-0.3, -0.25) is 9.69 Å². The van der Waals surface area contributed by atoms with Crippen molar-refractivity contribution in [3.8, 4) is 0 Å². The minimum Gasteiger partial charge on any atom is -0.381 e. The Labute approximate surface area is 179 Å². The van der Waals surface area contributed by atoms with Crippen molar-refractivity contribution >= 4 is 15.9 Å². The van der Waals surface area contributed by atoms with E-state index in [1.54, 1.807) is 32.9 Å². The highest BCUT2D eigenvalue weighted by Gasteiger charge is 2.32. The quantitative estimate of drug-likeness (QED) is 0.663. The highest BCUT2D eigenvalue weighted by atomic mass is 32.2. The number of nitrogens with one attached hydrogen (secondary N) is 2. The van der Waals surface area contributed by atoms with E-state index in [0.717, 1.165) is 26.1 Å². The van der Waals surface area contributed by atoms with Gasteiger partial charge in [-0.25, -0.2) is 13.1 Å². The van der Waals surface area contributed by atoms with Crippen LogP contribution in [0.1, 0.15) is 37.6 Å². The van der Waals surface area contributed by atoms with Gasteiger partial charge in [0.25, 0.3) is 5.91 Å². The van der Waals surface area contributed by atoms with Crippen LogP contribution in [0.5, 0.6) is 0 Å². The molecule has 2 fully saturated rings. The fourth-order valence-electron chi connectivity index (χ4n) is 3.91. The molecule has 0 spiro atoms. The Balaban J connectivity index is 1.63. The molecule has 2 saturated heterocycles. The van der Waals surface area contributed by atoms with Crippen molar-refractivity contribution in [3.05, 3.63) is 29.8 Å². The molecule has 1 aromatic carbocycles. The van der Waals surface area contributed by atoms with Crippen LogP contribution in [0, 0.1) is 5.92 Å². The second-order valence-corrected chi connectivity index (χ2v) is 10.6. The van der Waals surface area contributed by atoms with E-state index in [0.29, 0.717) is 37.8 Å². The van der Waals surface area contributed by atoms with Gasteiger partial charge in [0, 0.05) is 49.3 Å². The number of rotatable bonds is 7. The summed E-state index contributed by atoms with van der Waals surface area (Å²) in [7, 11) is -3.63. The van der Waals surface area contributed by atoms with E-state index < -0.39 is 15.6 Å². The Morgan fingerprint density at radius 1 is 1.13 bits per heavy atom. The molecule has 3 rings (SSSR count). The van der Waals surface area contributed by atoms with Crippen molar-refractivity contribution in [2.24, 2.45) is 5.92 Å². The molecule has 0 saturated carbocycles. The van der Waals surface area contributed by atoms with Crippen molar-refractivity contribution in [1.82, 2.24) is 14.9 Å². The van der Waals surface area contributed by atoms with E-state index in [-0.39, 0.29) is 16.8 Å². The molecule has 0 aromatic heterocycles. The molecule has 168 valence electrons. The number of carbonyl (C=O) groups excluding carboxylic acids is 1. The van der Waals surface area contributed by atoms with Gasteiger partial charge >= 0.3 is 0 Å². The SMILES string of the molecule is CC(C)(C)NS(=O)(=O)c1ccc(C(=O)NCC(C2CCOC2)N2CCOCC2)cc1. The molecule has 2 atom stereocenters. The number of hydrogen-bond donors (Lipinski definition) is 2. The van der Waals surface area contributed by atoms with Gasteiger partial charge in [-0.15, -0.1) is 0 Å². The number of morpholine rings is 1. The summed E-state index contributed by atoms with van der Waals surface area (Å²) in [4.78, 5) is 15.2. The third-order valence-corrected chi connectivity index (χ3v) is 7.14. The molecule has 8 nitrogen and oxygen atoms in total. The maximum absolute atomic E-state index is 12.7. The van der Waals surface area contributed by atoms with Crippen LogP contribution in [-0.2, 0) is 19.5 Å². The predicted molar refractivity (Wildman–Crippen MR) is 114 cm³/mol. The summed E-state index contributed by atoms with van der Waals surface area (Å²) in [5, 5.41) is 3.03. The number of carbonyl (C=O) groups is 1. The van der Waals surface area contributed by atoms with E-state index in [1.807, 2.05) is 0 Å². The second-order valence-electron chi connectivity index (χ2n) is 8.93. The van der Waals surface area contributed by atoms with E-state index in [1.165, 1.54) is 12.1 Å². The van der Waals surface area contributed by atoms with E-state index >= 15 is 0 Å². The molecule has 2 aliphatic heterocycles. The summed E-state index contributed by atoms with van der Waals surface area (Å²) in [5.74, 6) is 0.180. The summed E-state index contributed by atoms with van der Waals surface area (Å²) >= 11 is 0. The zero-order valence-corrected chi connectivity index (χ0v) is 18.8. The Bertz CT molecular complexity index is 808. The lowest BCUT2D eigenvalue weighted by Crippen LogP contribution is -2.52. The van der Waals surface area contributed by atoms with Crippen molar-refractivity contribution < 1.29 is 22.7 Å². The molecule has 0 bridgehead atoms. The van der Waals surface area contributed by atoms with Crippen LogP contribution in [0.25, 0.3) is 0 Å². The first kappa shape index (κ1) is 23.1. The van der Waals surface area contributed by atoms with Gasteiger partial charge in [-0.2, -0.15) is 0 Å². The molecule has 0 aliphatic carbocycles. The maximum atomic E-state index is 12.7. The van der Waals surface area contributed by atoms with Crippen LogP contribution in [0.2, 0.25) is 0 Å². The summed E-state index contributed by atoms with van der Waals surface area (Å²) in [6, 6.07) is 6.24. The predicted octanol–water partition coefficient (Wildman–Crippen LogP) is 1.23. The number of sulfonamides is 1. The Morgan fingerprint density at radius 3 is 2.37 bits per heavy atom. The zero-order valence-electron chi connectivity index (χ0n) is 18.0. The van der Waals surface area contributed by atoms with Crippen LogP contribution in [0.15, 0.2) is 29.2 Å². The van der Waals surface area contributed by atoms with Gasteiger partial charge in [0.1, 0.15) is 0 Å². The number of hydrogen-bond acceptors (Lipinski definition) is 6. The summed E-state index contributed by atoms with van der Waals surface area (Å²) < 4.78 is 38.5. The van der Waals surface area contributed by atoms with Gasteiger partial charge in [0.15, 0.2) is 0 Å². The number of nitrogens with zero attached hydrogens (tertiary/aromatic N) is 1. The third-order valence-electron chi connectivity index (χ3n) is 5.36. The first-order valence-corrected chi connectivity index (χ1v) is 12.0. The van der Waals surface area contributed by atoms with E-state index in [2.05, 4.69) is 14.9 Å². The second kappa shape index (κ2) is 9.74. The Morgan fingerprint density at radius 2 is 1.80 bits per heavy atom. The van der Waals surface area contributed by atoms with Crippen LogP contribution in [0.4, 0.5) is 0 Å². The van der Waals surface area contributed by atoms with Crippen molar-refractivity contribution in [1.29, 1.82) is 0 Å². The number of ether oxygens (including phenoxy) is 2. The number of benzene rings is 1. The van der Waals surface area contributed by atoms with Crippen LogP contribution in [-0.4, -0.2) is 76.9 Å². The van der Waals surface area contributed by atoms with Crippen LogP contribution < -0.4 is 10.0 Å². The smallest absolute Gasteiger partial charge is 0.251 e. The molecule has 1 amide bonds. The van der Waals surface area contributed by atoms with Crippen LogP contribution >= 0.6 is 0 Å². The van der Waals surface area contributed by atoms with Gasteiger partial charge < -0.3 is 14.8 Å². The average molecular weight is 440 g/mol. The monoisotopic (exact) mass is 439 g/mol.